The van der Waals surface area contributed by atoms with Gasteiger partial charge in [-0.2, -0.15) is 0 Å². The molecule has 6 nitrogen and oxygen atoms in total. The first-order valence-corrected chi connectivity index (χ1v) is 14.4. The van der Waals surface area contributed by atoms with Crippen LogP contribution in [0, 0.1) is 0 Å². The second kappa shape index (κ2) is 13.2. The Kier molecular flexibility index (Phi) is 10.2. The summed E-state index contributed by atoms with van der Waals surface area (Å²) in [5, 5.41) is 0. The van der Waals surface area contributed by atoms with Crippen LogP contribution in [0.15, 0.2) is 30.8 Å². The van der Waals surface area contributed by atoms with E-state index in [-0.39, 0.29) is 24.4 Å². The summed E-state index contributed by atoms with van der Waals surface area (Å²) in [5.41, 5.74) is 2.63. The van der Waals surface area contributed by atoms with E-state index in [1.165, 1.54) is 68.9 Å². The average molecular weight is 517 g/mol. The Bertz CT molecular complexity index is 835. The largest absolute Gasteiger partial charge is 0.372 e. The van der Waals surface area contributed by atoms with Gasteiger partial charge in [0.1, 0.15) is 24.4 Å². The minimum atomic E-state index is -0.661. The van der Waals surface area contributed by atoms with Gasteiger partial charge in [0.25, 0.3) is 0 Å². The molecule has 0 radical (unpaired) electrons. The second-order valence-corrected chi connectivity index (χ2v) is 11.6. The number of hydrogen-bond acceptors (Lipinski definition) is 6. The Morgan fingerprint density at radius 3 is 2.08 bits per heavy atom. The molecular formula is C31H48O6. The quantitative estimate of drug-likeness (QED) is 0.239. The van der Waals surface area contributed by atoms with Crippen molar-refractivity contribution in [2.45, 2.75) is 134 Å². The molecule has 1 aromatic rings. The third-order valence-electron chi connectivity index (χ3n) is 7.56. The lowest BCUT2D eigenvalue weighted by molar-refractivity contribution is -0.236. The molecule has 37 heavy (non-hydrogen) atoms. The van der Waals surface area contributed by atoms with E-state index in [2.05, 4.69) is 30.8 Å². The van der Waals surface area contributed by atoms with E-state index in [0.717, 1.165) is 6.42 Å². The van der Waals surface area contributed by atoms with Crippen molar-refractivity contribution in [1.29, 1.82) is 0 Å². The van der Waals surface area contributed by atoms with Gasteiger partial charge in [0.15, 0.2) is 17.9 Å². The third kappa shape index (κ3) is 8.35. The van der Waals surface area contributed by atoms with Crippen LogP contribution in [0.1, 0.15) is 96.6 Å². The molecule has 6 heteroatoms. The molecule has 3 heterocycles. The predicted molar refractivity (Wildman–Crippen MR) is 145 cm³/mol. The molecule has 208 valence electrons. The Morgan fingerprint density at radius 1 is 0.811 bits per heavy atom. The lowest BCUT2D eigenvalue weighted by atomic mass is 10.0. The minimum absolute atomic E-state index is 0.182. The van der Waals surface area contributed by atoms with Crippen LogP contribution >= 0.6 is 0 Å². The summed E-state index contributed by atoms with van der Waals surface area (Å²) < 4.78 is 36.5. The van der Waals surface area contributed by atoms with Crippen molar-refractivity contribution < 1.29 is 28.4 Å². The molecule has 3 fully saturated rings. The van der Waals surface area contributed by atoms with Crippen LogP contribution in [0.4, 0.5) is 0 Å². The van der Waals surface area contributed by atoms with Crippen LogP contribution in [0.25, 0.3) is 6.08 Å². The highest BCUT2D eigenvalue weighted by Crippen LogP contribution is 2.42. The van der Waals surface area contributed by atoms with Gasteiger partial charge in [-0.05, 0) is 58.1 Å². The van der Waals surface area contributed by atoms with E-state index in [1.54, 1.807) is 0 Å². The summed E-state index contributed by atoms with van der Waals surface area (Å²) in [4.78, 5) is 0. The van der Waals surface area contributed by atoms with Crippen LogP contribution in [0.3, 0.4) is 0 Å². The van der Waals surface area contributed by atoms with E-state index >= 15 is 0 Å². The molecule has 3 aliphatic rings. The normalized spacial score (nSPS) is 30.0. The molecule has 3 aliphatic heterocycles. The van der Waals surface area contributed by atoms with Crippen LogP contribution < -0.4 is 0 Å². The lowest BCUT2D eigenvalue weighted by Crippen LogP contribution is -2.44. The maximum atomic E-state index is 6.35. The molecule has 0 unspecified atom stereocenters. The van der Waals surface area contributed by atoms with Crippen LogP contribution in [0.2, 0.25) is 0 Å². The standard InChI is InChI=1S/C31H48O6/c1-6-23-17-19-24(20-18-23)16-14-12-10-8-7-9-11-13-15-21-32-27-26(25-22-33-30(2,3)35-25)34-29-28(27)36-31(4,5)37-29/h6,17-20,25-29H,1,7-16,21-22H2,2-5H3/t25-,26+,27-,28+,29+/m0/s1. The molecule has 0 amide bonds. The van der Waals surface area contributed by atoms with E-state index in [1.807, 2.05) is 33.8 Å². The van der Waals surface area contributed by atoms with Crippen molar-refractivity contribution in [2.75, 3.05) is 13.2 Å². The van der Waals surface area contributed by atoms with Gasteiger partial charge in [-0.15, -0.1) is 0 Å². The van der Waals surface area contributed by atoms with Gasteiger partial charge < -0.3 is 28.4 Å². The van der Waals surface area contributed by atoms with Crippen LogP contribution in [-0.4, -0.2) is 55.5 Å². The fourth-order valence-corrected chi connectivity index (χ4v) is 5.58. The number of benzene rings is 1. The first kappa shape index (κ1) is 28.7. The van der Waals surface area contributed by atoms with Crippen molar-refractivity contribution >= 4 is 6.08 Å². The number of ether oxygens (including phenoxy) is 6. The molecule has 0 aliphatic carbocycles. The highest BCUT2D eigenvalue weighted by molar-refractivity contribution is 5.47. The fourth-order valence-electron chi connectivity index (χ4n) is 5.58. The summed E-state index contributed by atoms with van der Waals surface area (Å²) in [6.45, 7) is 12.7. The summed E-state index contributed by atoms with van der Waals surface area (Å²) in [6.07, 6.45) is 13.2. The molecule has 0 spiro atoms. The third-order valence-corrected chi connectivity index (χ3v) is 7.56. The van der Waals surface area contributed by atoms with E-state index < -0.39 is 17.9 Å². The van der Waals surface area contributed by atoms with Crippen molar-refractivity contribution in [3.63, 3.8) is 0 Å². The SMILES string of the molecule is C=Cc1ccc(CCCCCCCCCCCO[C@@H]2[C@H]3OC(C)(C)O[C@H]3O[C@@H]2[C@@H]2COC(C)(C)O2)cc1. The molecule has 0 N–H and O–H groups in total. The summed E-state index contributed by atoms with van der Waals surface area (Å²) >= 11 is 0. The molecule has 0 aromatic heterocycles. The van der Waals surface area contributed by atoms with Gasteiger partial charge in [0.05, 0.1) is 6.61 Å². The molecule has 3 saturated heterocycles. The van der Waals surface area contributed by atoms with Gasteiger partial charge in [-0.3, -0.25) is 0 Å². The average Bonchev–Trinajstić information content (AvgIpc) is 3.48. The number of unbranched alkanes of at least 4 members (excludes halogenated alkanes) is 8. The highest BCUT2D eigenvalue weighted by atomic mass is 16.8. The summed E-state index contributed by atoms with van der Waals surface area (Å²) in [7, 11) is 0. The van der Waals surface area contributed by atoms with E-state index in [0.29, 0.717) is 13.2 Å². The maximum absolute atomic E-state index is 6.35. The van der Waals surface area contributed by atoms with Gasteiger partial charge >= 0.3 is 0 Å². The molecule has 0 bridgehead atoms. The second-order valence-electron chi connectivity index (χ2n) is 11.6. The Labute approximate surface area is 224 Å². The maximum Gasteiger partial charge on any atom is 0.190 e. The zero-order chi connectivity index (χ0) is 26.3. The highest BCUT2D eigenvalue weighted by Gasteiger charge is 2.58. The monoisotopic (exact) mass is 516 g/mol. The smallest absolute Gasteiger partial charge is 0.190 e. The molecule has 1 aromatic carbocycles. The van der Waals surface area contributed by atoms with Gasteiger partial charge in [0.2, 0.25) is 0 Å². The van der Waals surface area contributed by atoms with Crippen LogP contribution in [0.5, 0.6) is 0 Å². The van der Waals surface area contributed by atoms with Crippen molar-refractivity contribution in [3.8, 4) is 0 Å². The fraction of sp³-hybridized carbons (Fsp3) is 0.742. The first-order chi connectivity index (χ1) is 17.8. The number of hydrogen-bond donors (Lipinski definition) is 0. The van der Waals surface area contributed by atoms with Crippen molar-refractivity contribution in [1.82, 2.24) is 0 Å². The molecule has 4 rings (SSSR count). The van der Waals surface area contributed by atoms with Crippen molar-refractivity contribution in [3.05, 3.63) is 42.0 Å². The number of fused-ring (bicyclic) bond motifs is 1. The molecular weight excluding hydrogens is 468 g/mol. The lowest BCUT2D eigenvalue weighted by Gasteiger charge is -2.29. The molecule has 5 atom stereocenters. The Balaban J connectivity index is 1.05. The Morgan fingerprint density at radius 2 is 1.46 bits per heavy atom. The van der Waals surface area contributed by atoms with E-state index in [9.17, 15) is 0 Å². The molecule has 0 saturated carbocycles. The number of aryl methyl sites for hydroxylation is 1. The van der Waals surface area contributed by atoms with Gasteiger partial charge in [-0.1, -0.05) is 81.9 Å². The van der Waals surface area contributed by atoms with Crippen LogP contribution in [-0.2, 0) is 34.8 Å². The minimum Gasteiger partial charge on any atom is -0.372 e. The zero-order valence-corrected chi connectivity index (χ0v) is 23.4. The zero-order valence-electron chi connectivity index (χ0n) is 23.4. The van der Waals surface area contributed by atoms with Crippen molar-refractivity contribution in [2.24, 2.45) is 0 Å². The number of rotatable bonds is 15. The Hall–Kier alpha value is -1.28. The summed E-state index contributed by atoms with van der Waals surface area (Å²) in [6, 6.07) is 8.76. The van der Waals surface area contributed by atoms with E-state index in [4.69, 9.17) is 28.4 Å². The van der Waals surface area contributed by atoms with Gasteiger partial charge in [0, 0.05) is 6.61 Å². The van der Waals surface area contributed by atoms with Gasteiger partial charge in [-0.25, -0.2) is 0 Å². The summed E-state index contributed by atoms with van der Waals surface area (Å²) in [5.74, 6) is -1.26. The topological polar surface area (TPSA) is 55.4 Å². The predicted octanol–water partition coefficient (Wildman–Crippen LogP) is 6.80. The first-order valence-electron chi connectivity index (χ1n) is 14.4.